The van der Waals surface area contributed by atoms with E-state index >= 15 is 0 Å². The number of fused-ring (bicyclic) bond motifs is 1. The predicted octanol–water partition coefficient (Wildman–Crippen LogP) is 2.25. The van der Waals surface area contributed by atoms with Crippen molar-refractivity contribution in [3.63, 3.8) is 0 Å². The summed E-state index contributed by atoms with van der Waals surface area (Å²) in [7, 11) is -3.49. The molecule has 0 saturated heterocycles. The molecule has 0 N–H and O–H groups in total. The molecule has 0 aliphatic carbocycles. The topological polar surface area (TPSA) is 80.8 Å². The van der Waals surface area contributed by atoms with Crippen molar-refractivity contribution < 1.29 is 22.7 Å². The van der Waals surface area contributed by atoms with Crippen LogP contribution in [0.3, 0.4) is 0 Å². The molecular weight excluding hydrogens is 481 g/mol. The minimum atomic E-state index is -3.49. The van der Waals surface area contributed by atoms with Crippen LogP contribution in [0, 0.1) is 0 Å². The van der Waals surface area contributed by atoms with Crippen molar-refractivity contribution in [2.75, 3.05) is 18.8 Å². The zero-order chi connectivity index (χ0) is 19.9. The van der Waals surface area contributed by atoms with E-state index < -0.39 is 39.8 Å². The van der Waals surface area contributed by atoms with Crippen molar-refractivity contribution in [2.45, 2.75) is 52.5 Å². The SMILES string of the molecule is CC(C)(C)OC(=O)CCN1CCS(=O)(=O)c2c[c]([Sn]([CH3])([CH3])[CH3])sc2C1=O. The molecule has 0 aromatic carbocycles. The van der Waals surface area contributed by atoms with Gasteiger partial charge in [0.1, 0.15) is 0 Å². The van der Waals surface area contributed by atoms with Gasteiger partial charge < -0.3 is 0 Å². The average molecular weight is 508 g/mol. The third-order valence-corrected chi connectivity index (χ3v) is 16.3. The van der Waals surface area contributed by atoms with Crippen molar-refractivity contribution in [1.82, 2.24) is 4.90 Å². The maximum absolute atomic E-state index is 12.9. The van der Waals surface area contributed by atoms with Gasteiger partial charge in [0.05, 0.1) is 0 Å². The van der Waals surface area contributed by atoms with Gasteiger partial charge in [0, 0.05) is 0 Å². The number of carbonyl (C=O) groups excluding carboxylic acids is 2. The minimum absolute atomic E-state index is 0.0507. The summed E-state index contributed by atoms with van der Waals surface area (Å²) < 4.78 is 31.6. The van der Waals surface area contributed by atoms with Crippen LogP contribution >= 0.6 is 11.3 Å². The monoisotopic (exact) mass is 509 g/mol. The second-order valence-electron chi connectivity index (χ2n) is 8.50. The third-order valence-electron chi connectivity index (χ3n) is 3.89. The second kappa shape index (κ2) is 7.43. The molecule has 0 fully saturated rings. The van der Waals surface area contributed by atoms with E-state index in [-0.39, 0.29) is 36.1 Å². The molecule has 0 unspecified atom stereocenters. The van der Waals surface area contributed by atoms with E-state index in [1.165, 1.54) is 16.2 Å². The molecule has 1 aromatic rings. The first kappa shape index (κ1) is 21.7. The fraction of sp³-hybridized carbons (Fsp3) is 0.647. The number of carbonyl (C=O) groups is 2. The van der Waals surface area contributed by atoms with Gasteiger partial charge in [0.2, 0.25) is 0 Å². The van der Waals surface area contributed by atoms with E-state index in [0.29, 0.717) is 4.88 Å². The Morgan fingerprint density at radius 1 is 1.31 bits per heavy atom. The molecule has 6 nitrogen and oxygen atoms in total. The molecule has 0 saturated carbocycles. The summed E-state index contributed by atoms with van der Waals surface area (Å²) in [5, 5.41) is 0. The molecule has 1 aliphatic heterocycles. The van der Waals surface area contributed by atoms with E-state index in [1.807, 2.05) is 0 Å². The van der Waals surface area contributed by atoms with Crippen LogP contribution in [-0.2, 0) is 19.4 Å². The molecule has 2 rings (SSSR count). The van der Waals surface area contributed by atoms with E-state index in [4.69, 9.17) is 4.74 Å². The summed E-state index contributed by atoms with van der Waals surface area (Å²) in [5.74, 6) is -0.803. The number of ether oxygens (including phenoxy) is 1. The second-order valence-corrected chi connectivity index (χ2v) is 27.0. The molecule has 9 heteroatoms. The Morgan fingerprint density at radius 3 is 2.46 bits per heavy atom. The molecule has 1 amide bonds. The van der Waals surface area contributed by atoms with Gasteiger partial charge in [0.25, 0.3) is 0 Å². The number of hydrogen-bond acceptors (Lipinski definition) is 6. The third kappa shape index (κ3) is 5.22. The first-order valence-electron chi connectivity index (χ1n) is 8.59. The van der Waals surface area contributed by atoms with Crippen LogP contribution in [0.5, 0.6) is 0 Å². The maximum atomic E-state index is 12.9. The molecule has 146 valence electrons. The van der Waals surface area contributed by atoms with Gasteiger partial charge in [-0.25, -0.2) is 0 Å². The molecule has 0 bridgehead atoms. The summed E-state index contributed by atoms with van der Waals surface area (Å²) in [6.45, 7) is 5.61. The van der Waals surface area contributed by atoms with E-state index in [2.05, 4.69) is 14.8 Å². The van der Waals surface area contributed by atoms with Crippen molar-refractivity contribution >= 4 is 54.3 Å². The number of esters is 1. The number of rotatable bonds is 4. The van der Waals surface area contributed by atoms with Crippen LogP contribution in [0.1, 0.15) is 36.9 Å². The Kier molecular flexibility index (Phi) is 6.19. The summed E-state index contributed by atoms with van der Waals surface area (Å²) in [6.07, 6.45) is 0.0507. The Bertz CT molecular complexity index is 815. The Morgan fingerprint density at radius 2 is 1.92 bits per heavy atom. The van der Waals surface area contributed by atoms with Gasteiger partial charge in [-0.15, -0.1) is 0 Å². The number of amides is 1. The van der Waals surface area contributed by atoms with Gasteiger partial charge in [-0.1, -0.05) is 0 Å². The van der Waals surface area contributed by atoms with Gasteiger partial charge >= 0.3 is 164 Å². The van der Waals surface area contributed by atoms with E-state index in [0.717, 1.165) is 2.89 Å². The Balaban J connectivity index is 2.25. The van der Waals surface area contributed by atoms with Crippen molar-refractivity contribution in [1.29, 1.82) is 0 Å². The normalized spacial score (nSPS) is 17.6. The molecule has 0 radical (unpaired) electrons. The van der Waals surface area contributed by atoms with Crippen LogP contribution in [0.2, 0.25) is 14.8 Å². The fourth-order valence-corrected chi connectivity index (χ4v) is 11.0. The van der Waals surface area contributed by atoms with Crippen molar-refractivity contribution in [3.8, 4) is 0 Å². The van der Waals surface area contributed by atoms with Gasteiger partial charge in [-0.05, 0) is 0 Å². The van der Waals surface area contributed by atoms with Crippen molar-refractivity contribution in [3.05, 3.63) is 10.9 Å². The number of thiophene rings is 1. The van der Waals surface area contributed by atoms with Crippen LogP contribution < -0.4 is 2.89 Å². The Hall–Kier alpha value is -0.611. The number of sulfone groups is 1. The quantitative estimate of drug-likeness (QED) is 0.461. The van der Waals surface area contributed by atoms with E-state index in [1.54, 1.807) is 26.8 Å². The fourth-order valence-electron chi connectivity index (χ4n) is 2.54. The van der Waals surface area contributed by atoms with Gasteiger partial charge in [-0.3, -0.25) is 0 Å². The number of nitrogens with zero attached hydrogens (tertiary/aromatic N) is 1. The zero-order valence-electron chi connectivity index (χ0n) is 16.2. The Labute approximate surface area is 163 Å². The molecular formula is C17H27NO5S2Sn. The van der Waals surface area contributed by atoms with Crippen LogP contribution in [0.15, 0.2) is 11.0 Å². The van der Waals surface area contributed by atoms with Gasteiger partial charge in [-0.2, -0.15) is 0 Å². The molecule has 1 aromatic heterocycles. The molecule has 2 heterocycles. The average Bonchev–Trinajstić information content (AvgIpc) is 2.87. The summed E-state index contributed by atoms with van der Waals surface area (Å²) in [5.41, 5.74) is -0.585. The number of hydrogen-bond donors (Lipinski definition) is 0. The van der Waals surface area contributed by atoms with Crippen LogP contribution in [-0.4, -0.2) is 68.0 Å². The summed E-state index contributed by atoms with van der Waals surface area (Å²) in [4.78, 5) is 33.4. The molecule has 26 heavy (non-hydrogen) atoms. The molecule has 1 aliphatic rings. The summed E-state index contributed by atoms with van der Waals surface area (Å²) in [6, 6.07) is 1.72. The van der Waals surface area contributed by atoms with Crippen molar-refractivity contribution in [2.24, 2.45) is 0 Å². The zero-order valence-corrected chi connectivity index (χ0v) is 20.7. The van der Waals surface area contributed by atoms with Gasteiger partial charge in [0.15, 0.2) is 0 Å². The predicted molar refractivity (Wildman–Crippen MR) is 106 cm³/mol. The van der Waals surface area contributed by atoms with Crippen LogP contribution in [0.4, 0.5) is 0 Å². The standard InChI is InChI=1S/C14H18NO5S2.3CH3.Sn/c1-14(2,3)20-11(16)4-6-15-7-9-22(18,19)10-5-8-21-12(10)13(15)17;;;;/h5H,4,6-7,9H2,1-3H3;3*1H3;. The van der Waals surface area contributed by atoms with Crippen LogP contribution in [0.25, 0.3) is 0 Å². The first-order valence-corrected chi connectivity index (χ1v) is 21.0. The van der Waals surface area contributed by atoms with E-state index in [9.17, 15) is 18.0 Å². The first-order chi connectivity index (χ1) is 11.7. The summed E-state index contributed by atoms with van der Waals surface area (Å²) >= 11 is -1.18. The molecule has 0 spiro atoms. The molecule has 0 atom stereocenters.